The molecule has 1 unspecified atom stereocenters. The second kappa shape index (κ2) is 6.32. The van der Waals surface area contributed by atoms with E-state index < -0.39 is 10.0 Å². The van der Waals surface area contributed by atoms with E-state index in [1.165, 1.54) is 11.3 Å². The monoisotopic (exact) mass is 305 g/mol. The largest absolute Gasteiger partial charge is 0.391 e. The molecule has 1 aliphatic heterocycles. The summed E-state index contributed by atoms with van der Waals surface area (Å²) in [5.41, 5.74) is 0. The number of ether oxygens (including phenoxy) is 1. The minimum atomic E-state index is -3.46. The molecular weight excluding hydrogens is 286 g/mol. The number of hydrogen-bond acceptors (Lipinski definition) is 5. The van der Waals surface area contributed by atoms with Gasteiger partial charge in [-0.15, -0.1) is 11.3 Å². The van der Waals surface area contributed by atoms with Gasteiger partial charge in [-0.3, -0.25) is 0 Å². The lowest BCUT2D eigenvalue weighted by atomic mass is 10.1. The molecule has 0 spiro atoms. The van der Waals surface area contributed by atoms with Crippen LogP contribution in [0.2, 0.25) is 0 Å². The van der Waals surface area contributed by atoms with Crippen LogP contribution in [0.3, 0.4) is 0 Å². The molecular formula is C12H19NO4S2. The van der Waals surface area contributed by atoms with Crippen molar-refractivity contribution in [2.45, 2.75) is 31.3 Å². The first-order valence-corrected chi connectivity index (χ1v) is 8.60. The Morgan fingerprint density at radius 1 is 1.58 bits per heavy atom. The second-order valence-corrected chi connectivity index (χ2v) is 7.78. The summed E-state index contributed by atoms with van der Waals surface area (Å²) in [5.74, 6) is 0.458. The summed E-state index contributed by atoms with van der Waals surface area (Å²) in [4.78, 5) is 1.66. The van der Waals surface area contributed by atoms with E-state index in [0.29, 0.717) is 22.2 Å². The number of aliphatic hydroxyl groups is 1. The highest BCUT2D eigenvalue weighted by Crippen LogP contribution is 2.25. The number of sulfonamides is 1. The van der Waals surface area contributed by atoms with Gasteiger partial charge in [-0.25, -0.2) is 13.1 Å². The van der Waals surface area contributed by atoms with Crippen LogP contribution in [0.5, 0.6) is 0 Å². The Morgan fingerprint density at radius 2 is 2.37 bits per heavy atom. The zero-order valence-electron chi connectivity index (χ0n) is 10.9. The van der Waals surface area contributed by atoms with Crippen LogP contribution in [-0.4, -0.2) is 33.3 Å². The van der Waals surface area contributed by atoms with Crippen molar-refractivity contribution in [2.75, 3.05) is 19.8 Å². The molecule has 1 aliphatic rings. The van der Waals surface area contributed by atoms with E-state index in [0.717, 1.165) is 26.1 Å². The van der Waals surface area contributed by atoms with Crippen molar-refractivity contribution >= 4 is 21.4 Å². The molecule has 2 heterocycles. The van der Waals surface area contributed by atoms with E-state index in [1.54, 1.807) is 13.0 Å². The topological polar surface area (TPSA) is 75.6 Å². The molecule has 2 rings (SSSR count). The molecule has 19 heavy (non-hydrogen) atoms. The van der Waals surface area contributed by atoms with Gasteiger partial charge in [0.15, 0.2) is 0 Å². The van der Waals surface area contributed by atoms with Gasteiger partial charge in [0.25, 0.3) is 0 Å². The van der Waals surface area contributed by atoms with Crippen LogP contribution < -0.4 is 4.72 Å². The highest BCUT2D eigenvalue weighted by Gasteiger charge is 2.21. The van der Waals surface area contributed by atoms with Crippen molar-refractivity contribution in [1.29, 1.82) is 0 Å². The zero-order valence-corrected chi connectivity index (χ0v) is 12.5. The predicted octanol–water partition coefficient (Wildman–Crippen LogP) is 1.25. The van der Waals surface area contributed by atoms with Gasteiger partial charge in [0.1, 0.15) is 0 Å². The predicted molar refractivity (Wildman–Crippen MR) is 73.7 cm³/mol. The summed E-state index contributed by atoms with van der Waals surface area (Å²) in [5, 5.41) is 9.04. The van der Waals surface area contributed by atoms with E-state index in [-0.39, 0.29) is 11.5 Å². The van der Waals surface area contributed by atoms with Gasteiger partial charge in [0, 0.05) is 29.5 Å². The van der Waals surface area contributed by atoms with Gasteiger partial charge >= 0.3 is 0 Å². The Kier molecular flexibility index (Phi) is 4.97. The zero-order chi connectivity index (χ0) is 13.9. The normalized spacial score (nSPS) is 20.0. The van der Waals surface area contributed by atoms with Crippen molar-refractivity contribution in [3.05, 3.63) is 15.8 Å². The van der Waals surface area contributed by atoms with Crippen molar-refractivity contribution in [2.24, 2.45) is 5.92 Å². The van der Waals surface area contributed by atoms with Gasteiger partial charge in [0.2, 0.25) is 10.0 Å². The van der Waals surface area contributed by atoms with Crippen LogP contribution in [0.25, 0.3) is 0 Å². The third kappa shape index (κ3) is 3.76. The van der Waals surface area contributed by atoms with E-state index >= 15 is 0 Å². The molecule has 0 aromatic carbocycles. The first-order chi connectivity index (χ1) is 9.03. The minimum absolute atomic E-state index is 0.125. The quantitative estimate of drug-likeness (QED) is 0.829. The van der Waals surface area contributed by atoms with Gasteiger partial charge in [-0.1, -0.05) is 0 Å². The molecule has 1 fully saturated rings. The molecule has 1 aromatic heterocycles. The number of hydrogen-bond donors (Lipinski definition) is 2. The van der Waals surface area contributed by atoms with Crippen molar-refractivity contribution in [3.8, 4) is 0 Å². The molecule has 2 N–H and O–H groups in total. The lowest BCUT2D eigenvalue weighted by Crippen LogP contribution is -2.26. The average Bonchev–Trinajstić information content (AvgIpc) is 2.98. The van der Waals surface area contributed by atoms with Gasteiger partial charge < -0.3 is 9.84 Å². The SMILES string of the molecule is Cc1sc(CO)cc1S(=O)(=O)NCCC1CCOC1. The molecule has 5 nitrogen and oxygen atoms in total. The number of aryl methyl sites for hydroxylation is 1. The van der Waals surface area contributed by atoms with Gasteiger partial charge in [0.05, 0.1) is 11.5 Å². The van der Waals surface area contributed by atoms with Crippen LogP contribution >= 0.6 is 11.3 Å². The third-order valence-corrected chi connectivity index (χ3v) is 5.99. The molecule has 0 amide bonds. The maximum atomic E-state index is 12.1. The van der Waals surface area contributed by atoms with Crippen LogP contribution in [0.4, 0.5) is 0 Å². The maximum absolute atomic E-state index is 12.1. The van der Waals surface area contributed by atoms with Crippen molar-refractivity contribution in [1.82, 2.24) is 4.72 Å². The molecule has 7 heteroatoms. The fraction of sp³-hybridized carbons (Fsp3) is 0.667. The third-order valence-electron chi connectivity index (χ3n) is 3.24. The van der Waals surface area contributed by atoms with Crippen molar-refractivity contribution in [3.63, 3.8) is 0 Å². The molecule has 0 aliphatic carbocycles. The summed E-state index contributed by atoms with van der Waals surface area (Å²) >= 11 is 1.31. The fourth-order valence-corrected chi connectivity index (χ4v) is 4.70. The molecule has 0 bridgehead atoms. The Morgan fingerprint density at radius 3 is 2.95 bits per heavy atom. The number of rotatable bonds is 6. The van der Waals surface area contributed by atoms with Crippen LogP contribution in [0.15, 0.2) is 11.0 Å². The molecule has 108 valence electrons. The Labute approximate surface area is 117 Å². The van der Waals surface area contributed by atoms with E-state index in [2.05, 4.69) is 4.72 Å². The first-order valence-electron chi connectivity index (χ1n) is 6.30. The van der Waals surface area contributed by atoms with E-state index in [1.807, 2.05) is 0 Å². The summed E-state index contributed by atoms with van der Waals surface area (Å²) in [6.45, 7) is 3.57. The number of aliphatic hydroxyl groups excluding tert-OH is 1. The standard InChI is InChI=1S/C12H19NO4S2/c1-9-12(6-11(7-14)18-9)19(15,16)13-4-2-10-3-5-17-8-10/h6,10,13-14H,2-5,7-8H2,1H3. The highest BCUT2D eigenvalue weighted by atomic mass is 32.2. The van der Waals surface area contributed by atoms with E-state index in [4.69, 9.17) is 9.84 Å². The maximum Gasteiger partial charge on any atom is 0.241 e. The molecule has 0 radical (unpaired) electrons. The molecule has 0 saturated carbocycles. The van der Waals surface area contributed by atoms with E-state index in [9.17, 15) is 8.42 Å². The molecule has 1 saturated heterocycles. The Bertz CT molecular complexity index is 518. The Hall–Kier alpha value is -0.470. The lowest BCUT2D eigenvalue weighted by Gasteiger charge is -2.09. The van der Waals surface area contributed by atoms with Gasteiger partial charge in [-0.2, -0.15) is 0 Å². The van der Waals surface area contributed by atoms with Crippen LogP contribution in [0.1, 0.15) is 22.6 Å². The van der Waals surface area contributed by atoms with Crippen molar-refractivity contribution < 1.29 is 18.3 Å². The average molecular weight is 305 g/mol. The number of nitrogens with one attached hydrogen (secondary N) is 1. The number of thiophene rings is 1. The fourth-order valence-electron chi connectivity index (χ4n) is 2.16. The summed E-state index contributed by atoms with van der Waals surface area (Å²) in [6.07, 6.45) is 1.81. The second-order valence-electron chi connectivity index (χ2n) is 4.71. The molecule has 1 aromatic rings. The summed E-state index contributed by atoms with van der Waals surface area (Å²) in [6, 6.07) is 1.54. The smallest absolute Gasteiger partial charge is 0.241 e. The van der Waals surface area contributed by atoms with Gasteiger partial charge in [-0.05, 0) is 31.7 Å². The summed E-state index contributed by atoms with van der Waals surface area (Å²) in [7, 11) is -3.46. The highest BCUT2D eigenvalue weighted by molar-refractivity contribution is 7.89. The Balaban J connectivity index is 1.95. The minimum Gasteiger partial charge on any atom is -0.391 e. The molecule has 1 atom stereocenters. The van der Waals surface area contributed by atoms with Crippen LogP contribution in [-0.2, 0) is 21.4 Å². The summed E-state index contributed by atoms with van der Waals surface area (Å²) < 4.78 is 32.2. The van der Waals surface area contributed by atoms with Crippen LogP contribution in [0, 0.1) is 12.8 Å². The first kappa shape index (κ1) is 14.9. The lowest BCUT2D eigenvalue weighted by molar-refractivity contribution is 0.184.